The molecule has 8 heteroatoms. The predicted molar refractivity (Wildman–Crippen MR) is 74.1 cm³/mol. The van der Waals surface area contributed by atoms with Crippen LogP contribution in [0.1, 0.15) is 20.3 Å². The van der Waals surface area contributed by atoms with Gasteiger partial charge in [-0.25, -0.2) is 0 Å². The van der Waals surface area contributed by atoms with Crippen LogP contribution in [0.5, 0.6) is 0 Å². The van der Waals surface area contributed by atoms with Crippen molar-refractivity contribution in [3.05, 3.63) is 0 Å². The normalized spacial score (nSPS) is 50.0. The average Bonchev–Trinajstić information content (AvgIpc) is 2.49. The maximum Gasteiger partial charge on any atom is 0.187 e. The van der Waals surface area contributed by atoms with Gasteiger partial charge in [-0.3, -0.25) is 0 Å². The SMILES string of the molecule is COC1CC(C)O[C@H](C)C1OC1OC(CO)C(O)C(O)C1O. The Kier molecular flexibility index (Phi) is 6.14. The van der Waals surface area contributed by atoms with Gasteiger partial charge >= 0.3 is 0 Å². The first-order chi connectivity index (χ1) is 10.4. The van der Waals surface area contributed by atoms with Crippen LogP contribution in [0.15, 0.2) is 0 Å². The predicted octanol–water partition coefficient (Wildman–Crippen LogP) is -1.62. The van der Waals surface area contributed by atoms with Crippen LogP contribution in [0.3, 0.4) is 0 Å². The fourth-order valence-electron chi connectivity index (χ4n) is 3.03. The first-order valence-electron chi connectivity index (χ1n) is 7.53. The molecule has 0 aliphatic carbocycles. The van der Waals surface area contributed by atoms with E-state index < -0.39 is 43.4 Å². The number of rotatable bonds is 4. The highest BCUT2D eigenvalue weighted by Gasteiger charge is 2.47. The number of ether oxygens (including phenoxy) is 4. The van der Waals surface area contributed by atoms with Gasteiger partial charge < -0.3 is 39.4 Å². The minimum atomic E-state index is -1.46. The number of aliphatic hydroxyl groups excluding tert-OH is 4. The number of hydrogen-bond acceptors (Lipinski definition) is 8. The van der Waals surface area contributed by atoms with Gasteiger partial charge in [-0.2, -0.15) is 0 Å². The van der Waals surface area contributed by atoms with Gasteiger partial charge in [0.25, 0.3) is 0 Å². The van der Waals surface area contributed by atoms with Crippen LogP contribution in [0.2, 0.25) is 0 Å². The summed E-state index contributed by atoms with van der Waals surface area (Å²) in [5, 5.41) is 38.8. The fourth-order valence-corrected chi connectivity index (χ4v) is 3.03. The number of methoxy groups -OCH3 is 1. The third-order valence-electron chi connectivity index (χ3n) is 4.28. The molecule has 2 aliphatic heterocycles. The lowest BCUT2D eigenvalue weighted by Gasteiger charge is -2.44. The maximum atomic E-state index is 10.0. The van der Waals surface area contributed by atoms with Crippen molar-refractivity contribution in [3.8, 4) is 0 Å². The Morgan fingerprint density at radius 2 is 1.73 bits per heavy atom. The molecule has 0 bridgehead atoms. The average molecular weight is 322 g/mol. The van der Waals surface area contributed by atoms with Gasteiger partial charge in [0.1, 0.15) is 30.5 Å². The van der Waals surface area contributed by atoms with Crippen molar-refractivity contribution in [2.24, 2.45) is 0 Å². The summed E-state index contributed by atoms with van der Waals surface area (Å²) in [5.41, 5.74) is 0. The molecule has 8 nitrogen and oxygen atoms in total. The summed E-state index contributed by atoms with van der Waals surface area (Å²) in [5.74, 6) is 0. The molecule has 0 aromatic rings. The summed E-state index contributed by atoms with van der Waals surface area (Å²) in [4.78, 5) is 0. The lowest BCUT2D eigenvalue weighted by molar-refractivity contribution is -0.332. The Hall–Kier alpha value is -0.320. The Morgan fingerprint density at radius 3 is 2.32 bits per heavy atom. The van der Waals surface area contributed by atoms with Crippen molar-refractivity contribution in [2.45, 2.75) is 75.4 Å². The van der Waals surface area contributed by atoms with Crippen molar-refractivity contribution in [1.82, 2.24) is 0 Å². The first-order valence-corrected chi connectivity index (χ1v) is 7.53. The summed E-state index contributed by atoms with van der Waals surface area (Å²) in [6.45, 7) is 3.27. The van der Waals surface area contributed by atoms with E-state index in [4.69, 9.17) is 18.9 Å². The molecule has 22 heavy (non-hydrogen) atoms. The molecule has 0 amide bonds. The highest BCUT2D eigenvalue weighted by Crippen LogP contribution is 2.29. The lowest BCUT2D eigenvalue weighted by Crippen LogP contribution is -2.61. The van der Waals surface area contributed by atoms with Gasteiger partial charge in [0.15, 0.2) is 6.29 Å². The van der Waals surface area contributed by atoms with E-state index in [1.54, 1.807) is 7.11 Å². The van der Waals surface area contributed by atoms with Crippen LogP contribution >= 0.6 is 0 Å². The van der Waals surface area contributed by atoms with Crippen molar-refractivity contribution in [3.63, 3.8) is 0 Å². The lowest BCUT2D eigenvalue weighted by atomic mass is 9.97. The fraction of sp³-hybridized carbons (Fsp3) is 1.00. The van der Waals surface area contributed by atoms with E-state index in [1.807, 2.05) is 13.8 Å². The standard InChI is InChI=1S/C14H26O8/c1-6-4-8(19-3)13(7(2)20-6)22-14-12(18)11(17)10(16)9(5-15)21-14/h6-18H,4-5H2,1-3H3/t6?,7-,8?,9?,10?,11?,12?,13?,14?/m1/s1. The zero-order chi connectivity index (χ0) is 16.4. The molecule has 9 atom stereocenters. The summed E-state index contributed by atoms with van der Waals surface area (Å²) in [7, 11) is 1.57. The van der Waals surface area contributed by atoms with Gasteiger partial charge in [0.05, 0.1) is 24.9 Å². The second-order valence-electron chi connectivity index (χ2n) is 5.96. The van der Waals surface area contributed by atoms with Crippen LogP contribution in [0, 0.1) is 0 Å². The van der Waals surface area contributed by atoms with Crippen LogP contribution in [0.4, 0.5) is 0 Å². The third kappa shape index (κ3) is 3.60. The van der Waals surface area contributed by atoms with Crippen molar-refractivity contribution >= 4 is 0 Å². The molecule has 0 aromatic heterocycles. The second kappa shape index (κ2) is 7.50. The smallest absolute Gasteiger partial charge is 0.187 e. The minimum Gasteiger partial charge on any atom is -0.394 e. The van der Waals surface area contributed by atoms with E-state index in [0.29, 0.717) is 6.42 Å². The van der Waals surface area contributed by atoms with E-state index in [1.165, 1.54) is 0 Å². The quantitative estimate of drug-likeness (QED) is 0.488. The molecule has 0 spiro atoms. The van der Waals surface area contributed by atoms with E-state index in [2.05, 4.69) is 0 Å². The highest BCUT2D eigenvalue weighted by atomic mass is 16.7. The van der Waals surface area contributed by atoms with Crippen LogP contribution in [0.25, 0.3) is 0 Å². The monoisotopic (exact) mass is 322 g/mol. The van der Waals surface area contributed by atoms with Crippen LogP contribution in [-0.2, 0) is 18.9 Å². The summed E-state index contributed by atoms with van der Waals surface area (Å²) in [6.07, 6.45) is -6.86. The van der Waals surface area contributed by atoms with E-state index >= 15 is 0 Å². The first kappa shape index (κ1) is 18.0. The maximum absolute atomic E-state index is 10.0. The van der Waals surface area contributed by atoms with Crippen molar-refractivity contribution in [2.75, 3.05) is 13.7 Å². The topological polar surface area (TPSA) is 118 Å². The van der Waals surface area contributed by atoms with Gasteiger partial charge in [-0.1, -0.05) is 0 Å². The molecule has 0 radical (unpaired) electrons. The van der Waals surface area contributed by atoms with Gasteiger partial charge in [0, 0.05) is 13.5 Å². The Morgan fingerprint density at radius 1 is 1.05 bits per heavy atom. The van der Waals surface area contributed by atoms with Crippen LogP contribution < -0.4 is 0 Å². The Labute approximate surface area is 129 Å². The summed E-state index contributed by atoms with van der Waals surface area (Å²) in [6, 6.07) is 0. The number of aliphatic hydroxyl groups is 4. The molecular formula is C14H26O8. The minimum absolute atomic E-state index is 0.0228. The molecule has 0 saturated carbocycles. The van der Waals surface area contributed by atoms with E-state index in [9.17, 15) is 20.4 Å². The zero-order valence-electron chi connectivity index (χ0n) is 13.0. The zero-order valence-corrected chi connectivity index (χ0v) is 13.0. The van der Waals surface area contributed by atoms with Crippen molar-refractivity contribution in [1.29, 1.82) is 0 Å². The van der Waals surface area contributed by atoms with Crippen LogP contribution in [-0.4, -0.2) is 89.3 Å². The molecule has 2 fully saturated rings. The molecule has 2 heterocycles. The molecule has 130 valence electrons. The Bertz CT molecular complexity index is 352. The van der Waals surface area contributed by atoms with Gasteiger partial charge in [0.2, 0.25) is 0 Å². The highest BCUT2D eigenvalue weighted by molar-refractivity contribution is 4.91. The molecular weight excluding hydrogens is 296 g/mol. The summed E-state index contributed by atoms with van der Waals surface area (Å²) < 4.78 is 22.2. The molecule has 0 aromatic carbocycles. The summed E-state index contributed by atoms with van der Waals surface area (Å²) >= 11 is 0. The van der Waals surface area contributed by atoms with E-state index in [0.717, 1.165) is 0 Å². The molecule has 4 N–H and O–H groups in total. The van der Waals surface area contributed by atoms with Gasteiger partial charge in [-0.15, -0.1) is 0 Å². The molecule has 2 rings (SSSR count). The molecule has 2 saturated heterocycles. The molecule has 8 unspecified atom stereocenters. The Balaban J connectivity index is 2.07. The second-order valence-corrected chi connectivity index (χ2v) is 5.96. The largest absolute Gasteiger partial charge is 0.394 e. The van der Waals surface area contributed by atoms with E-state index in [-0.39, 0.29) is 18.3 Å². The van der Waals surface area contributed by atoms with Crippen molar-refractivity contribution < 1.29 is 39.4 Å². The third-order valence-corrected chi connectivity index (χ3v) is 4.28. The molecule has 2 aliphatic rings. The van der Waals surface area contributed by atoms with Gasteiger partial charge in [-0.05, 0) is 13.8 Å². The number of hydrogen-bond donors (Lipinski definition) is 4.